The molecule has 1 aliphatic rings. The number of carbonyl (C=O) groups is 1. The van der Waals surface area contributed by atoms with Gasteiger partial charge in [-0.05, 0) is 38.1 Å². The van der Waals surface area contributed by atoms with E-state index >= 15 is 0 Å². The number of likely N-dealkylation sites (tertiary alicyclic amines) is 1. The van der Waals surface area contributed by atoms with Crippen molar-refractivity contribution in [3.05, 3.63) is 72.4 Å². The molecule has 0 spiro atoms. The molecule has 1 N–H and O–H groups in total. The second kappa shape index (κ2) is 8.85. The van der Waals surface area contributed by atoms with Crippen molar-refractivity contribution < 1.29 is 4.79 Å². The second-order valence-corrected chi connectivity index (χ2v) is 7.20. The molecule has 0 unspecified atom stereocenters. The Kier molecular flexibility index (Phi) is 5.83. The van der Waals surface area contributed by atoms with Gasteiger partial charge in [0, 0.05) is 24.8 Å². The van der Waals surface area contributed by atoms with E-state index in [2.05, 4.69) is 10.2 Å². The molecule has 144 valence electrons. The third kappa shape index (κ3) is 4.31. The largest absolute Gasteiger partial charge is 0.351 e. The number of nitrogens with zero attached hydrogens (tertiary/aromatic N) is 3. The van der Waals surface area contributed by atoms with Gasteiger partial charge in [-0.15, -0.1) is 0 Å². The standard InChI is InChI=1S/C23H26N4O/c28-23(24-14-17-26-15-8-3-9-16-26)21-18-27(20-12-6-2-7-13-20)25-22(21)19-10-4-1-5-11-19/h1-2,4-7,10-13,18H,3,8-9,14-17H2,(H,24,28). The van der Waals surface area contributed by atoms with Crippen LogP contribution < -0.4 is 5.32 Å². The lowest BCUT2D eigenvalue weighted by molar-refractivity contribution is 0.0947. The van der Waals surface area contributed by atoms with Crippen LogP contribution in [0.3, 0.4) is 0 Å². The zero-order valence-corrected chi connectivity index (χ0v) is 16.1. The highest BCUT2D eigenvalue weighted by molar-refractivity contribution is 5.99. The Balaban J connectivity index is 1.54. The van der Waals surface area contributed by atoms with Gasteiger partial charge in [-0.3, -0.25) is 4.79 Å². The molecule has 1 aliphatic heterocycles. The SMILES string of the molecule is O=C(NCCN1CCCCC1)c1cn(-c2ccccc2)nc1-c1ccccc1. The van der Waals surface area contributed by atoms with Gasteiger partial charge in [-0.25, -0.2) is 4.68 Å². The summed E-state index contributed by atoms with van der Waals surface area (Å²) in [6, 6.07) is 19.8. The summed E-state index contributed by atoms with van der Waals surface area (Å²) < 4.78 is 1.78. The summed E-state index contributed by atoms with van der Waals surface area (Å²) in [5, 5.41) is 7.80. The third-order valence-electron chi connectivity index (χ3n) is 5.19. The molecule has 5 nitrogen and oxygen atoms in total. The fraction of sp³-hybridized carbons (Fsp3) is 0.304. The van der Waals surface area contributed by atoms with Gasteiger partial charge in [0.2, 0.25) is 0 Å². The van der Waals surface area contributed by atoms with Crippen LogP contribution in [0.5, 0.6) is 0 Å². The van der Waals surface area contributed by atoms with Crippen LogP contribution in [0.2, 0.25) is 0 Å². The molecule has 0 atom stereocenters. The first-order valence-corrected chi connectivity index (χ1v) is 10.0. The van der Waals surface area contributed by atoms with Gasteiger partial charge in [-0.2, -0.15) is 5.10 Å². The topological polar surface area (TPSA) is 50.2 Å². The molecule has 1 saturated heterocycles. The van der Waals surface area contributed by atoms with Crippen molar-refractivity contribution in [1.82, 2.24) is 20.0 Å². The van der Waals surface area contributed by atoms with Crippen molar-refractivity contribution in [1.29, 1.82) is 0 Å². The van der Waals surface area contributed by atoms with Crippen molar-refractivity contribution in [2.24, 2.45) is 0 Å². The monoisotopic (exact) mass is 374 g/mol. The van der Waals surface area contributed by atoms with Gasteiger partial charge in [0.1, 0.15) is 5.69 Å². The molecule has 0 saturated carbocycles. The lowest BCUT2D eigenvalue weighted by Gasteiger charge is -2.26. The van der Waals surface area contributed by atoms with Crippen LogP contribution in [0.15, 0.2) is 66.9 Å². The lowest BCUT2D eigenvalue weighted by Crippen LogP contribution is -2.37. The van der Waals surface area contributed by atoms with Crippen molar-refractivity contribution >= 4 is 5.91 Å². The molecule has 0 aliphatic carbocycles. The Hall–Kier alpha value is -2.92. The molecule has 0 radical (unpaired) electrons. The second-order valence-electron chi connectivity index (χ2n) is 7.20. The maximum atomic E-state index is 12.9. The van der Waals surface area contributed by atoms with E-state index in [4.69, 9.17) is 5.10 Å². The van der Waals surface area contributed by atoms with E-state index in [1.807, 2.05) is 66.9 Å². The van der Waals surface area contributed by atoms with Gasteiger partial charge < -0.3 is 10.2 Å². The number of hydrogen-bond acceptors (Lipinski definition) is 3. The summed E-state index contributed by atoms with van der Waals surface area (Å²) in [5.74, 6) is -0.0713. The van der Waals surface area contributed by atoms with Crippen LogP contribution in [0.1, 0.15) is 29.6 Å². The summed E-state index contributed by atoms with van der Waals surface area (Å²) >= 11 is 0. The van der Waals surface area contributed by atoms with Crippen LogP contribution in [0, 0.1) is 0 Å². The van der Waals surface area contributed by atoms with Gasteiger partial charge in [-0.1, -0.05) is 55.0 Å². The molecular weight excluding hydrogens is 348 g/mol. The third-order valence-corrected chi connectivity index (χ3v) is 5.19. The molecule has 3 aromatic rings. The number of carbonyl (C=O) groups excluding carboxylic acids is 1. The Morgan fingerprint density at radius 1 is 0.929 bits per heavy atom. The van der Waals surface area contributed by atoms with E-state index in [0.29, 0.717) is 17.8 Å². The Morgan fingerprint density at radius 2 is 1.61 bits per heavy atom. The van der Waals surface area contributed by atoms with E-state index in [-0.39, 0.29) is 5.91 Å². The molecule has 2 heterocycles. The highest BCUT2D eigenvalue weighted by Crippen LogP contribution is 2.23. The van der Waals surface area contributed by atoms with E-state index < -0.39 is 0 Å². The summed E-state index contributed by atoms with van der Waals surface area (Å²) in [7, 11) is 0. The normalized spacial score (nSPS) is 14.7. The predicted molar refractivity (Wildman–Crippen MR) is 112 cm³/mol. The minimum Gasteiger partial charge on any atom is -0.351 e. The minimum absolute atomic E-state index is 0.0713. The van der Waals surface area contributed by atoms with Gasteiger partial charge in [0.05, 0.1) is 11.3 Å². The van der Waals surface area contributed by atoms with E-state index in [1.165, 1.54) is 19.3 Å². The number of nitrogens with one attached hydrogen (secondary N) is 1. The van der Waals surface area contributed by atoms with Crippen LogP contribution >= 0.6 is 0 Å². The molecule has 2 aromatic carbocycles. The minimum atomic E-state index is -0.0713. The van der Waals surface area contributed by atoms with Crippen LogP contribution in [0.4, 0.5) is 0 Å². The van der Waals surface area contributed by atoms with Crippen molar-refractivity contribution in [3.8, 4) is 16.9 Å². The number of aromatic nitrogens is 2. The Morgan fingerprint density at radius 3 is 2.32 bits per heavy atom. The molecule has 1 amide bonds. The summed E-state index contributed by atoms with van der Waals surface area (Å²) in [6.07, 6.45) is 5.67. The molecular formula is C23H26N4O. The zero-order chi connectivity index (χ0) is 19.2. The average molecular weight is 374 g/mol. The number of hydrogen-bond donors (Lipinski definition) is 1. The van der Waals surface area contributed by atoms with Crippen LogP contribution in [-0.4, -0.2) is 46.8 Å². The quantitative estimate of drug-likeness (QED) is 0.715. The maximum Gasteiger partial charge on any atom is 0.255 e. The van der Waals surface area contributed by atoms with Crippen LogP contribution in [-0.2, 0) is 0 Å². The van der Waals surface area contributed by atoms with Gasteiger partial charge >= 0.3 is 0 Å². The van der Waals surface area contributed by atoms with Crippen molar-refractivity contribution in [2.75, 3.05) is 26.2 Å². The van der Waals surface area contributed by atoms with E-state index in [1.54, 1.807) is 4.68 Å². The fourth-order valence-electron chi connectivity index (χ4n) is 3.67. The number of benzene rings is 2. The molecule has 0 bridgehead atoms. The number of piperidine rings is 1. The van der Waals surface area contributed by atoms with Gasteiger partial charge in [0.15, 0.2) is 0 Å². The van der Waals surface area contributed by atoms with Crippen molar-refractivity contribution in [3.63, 3.8) is 0 Å². The Labute approximate surface area is 166 Å². The molecule has 5 heteroatoms. The van der Waals surface area contributed by atoms with E-state index in [9.17, 15) is 4.79 Å². The molecule has 1 aromatic heterocycles. The van der Waals surface area contributed by atoms with E-state index in [0.717, 1.165) is 30.9 Å². The number of para-hydroxylation sites is 1. The maximum absolute atomic E-state index is 12.9. The lowest BCUT2D eigenvalue weighted by atomic mass is 10.1. The zero-order valence-electron chi connectivity index (χ0n) is 16.1. The summed E-state index contributed by atoms with van der Waals surface area (Å²) in [6.45, 7) is 3.83. The molecule has 1 fully saturated rings. The first-order chi connectivity index (χ1) is 13.8. The molecule has 4 rings (SSSR count). The highest BCUT2D eigenvalue weighted by Gasteiger charge is 2.19. The summed E-state index contributed by atoms with van der Waals surface area (Å²) in [5.41, 5.74) is 3.19. The predicted octanol–water partition coefficient (Wildman–Crippen LogP) is 3.76. The number of amides is 1. The molecule has 28 heavy (non-hydrogen) atoms. The van der Waals surface area contributed by atoms with Crippen molar-refractivity contribution in [2.45, 2.75) is 19.3 Å². The smallest absolute Gasteiger partial charge is 0.255 e. The Bertz CT molecular complexity index is 899. The van der Waals surface area contributed by atoms with Gasteiger partial charge in [0.25, 0.3) is 5.91 Å². The number of rotatable bonds is 6. The first-order valence-electron chi connectivity index (χ1n) is 10.0. The fourth-order valence-corrected chi connectivity index (χ4v) is 3.67. The first kappa shape index (κ1) is 18.4. The highest BCUT2D eigenvalue weighted by atomic mass is 16.1. The summed E-state index contributed by atoms with van der Waals surface area (Å²) in [4.78, 5) is 15.4. The average Bonchev–Trinajstić information content (AvgIpc) is 3.21. The van der Waals surface area contributed by atoms with Crippen LogP contribution in [0.25, 0.3) is 16.9 Å².